The van der Waals surface area contributed by atoms with Gasteiger partial charge in [-0.05, 0) is 13.3 Å². The van der Waals surface area contributed by atoms with Crippen LogP contribution in [0.25, 0.3) is 0 Å². The van der Waals surface area contributed by atoms with Gasteiger partial charge in [-0.2, -0.15) is 6.92 Å². The van der Waals surface area contributed by atoms with Gasteiger partial charge in [-0.25, -0.2) is 9.79 Å². The molecule has 1 aliphatic heterocycles. The van der Waals surface area contributed by atoms with E-state index >= 15 is 0 Å². The molecule has 0 saturated carbocycles. The van der Waals surface area contributed by atoms with Crippen molar-refractivity contribution < 1.29 is 47.0 Å². The number of hydrogen-bond donors (Lipinski definition) is 1. The summed E-state index contributed by atoms with van der Waals surface area (Å²) in [6, 6.07) is -0.586. The second-order valence-corrected chi connectivity index (χ2v) is 2.66. The Morgan fingerprint density at radius 1 is 1.50 bits per heavy atom. The van der Waals surface area contributed by atoms with Crippen LogP contribution in [0.15, 0.2) is 4.99 Å². The summed E-state index contributed by atoms with van der Waals surface area (Å²) in [5.41, 5.74) is 0. The molecule has 0 saturated heterocycles. The zero-order chi connectivity index (χ0) is 11.7. The van der Waals surface area contributed by atoms with Crippen molar-refractivity contribution in [2.45, 2.75) is 20.3 Å². The normalized spacial score (nSPS) is 18.1. The summed E-state index contributed by atoms with van der Waals surface area (Å²) in [4.78, 5) is 25.2. The van der Waals surface area contributed by atoms with Crippen LogP contribution >= 0.6 is 0 Å². The van der Waals surface area contributed by atoms with E-state index in [1.54, 1.807) is 6.92 Å². The summed E-state index contributed by atoms with van der Waals surface area (Å²) in [6.45, 7) is 8.03. The second-order valence-electron chi connectivity index (χ2n) is 2.66. The number of amides is 3. The van der Waals surface area contributed by atoms with Gasteiger partial charge in [0.05, 0.1) is 5.92 Å². The maximum atomic E-state index is 11.1. The number of nitrogens with one attached hydrogen (secondary N) is 1. The first-order valence-electron chi connectivity index (χ1n) is 4.91. The van der Waals surface area contributed by atoms with E-state index in [1.807, 2.05) is 6.92 Å². The summed E-state index contributed by atoms with van der Waals surface area (Å²) in [5, 5.41) is 2.12. The molecular formula is C10H17N2O3Y-. The molecule has 1 aliphatic rings. The average molecular weight is 302 g/mol. The topological polar surface area (TPSA) is 67.8 Å². The van der Waals surface area contributed by atoms with Crippen LogP contribution in [0.1, 0.15) is 20.3 Å². The largest absolute Gasteiger partial charge is 0.382 e. The number of carbonyl (C=O) groups excluding carboxylic acids is 2. The van der Waals surface area contributed by atoms with Gasteiger partial charge in [0.2, 0.25) is 5.91 Å². The van der Waals surface area contributed by atoms with Gasteiger partial charge in [-0.15, -0.1) is 0 Å². The Kier molecular flexibility index (Phi) is 13.0. The van der Waals surface area contributed by atoms with Gasteiger partial charge in [-0.3, -0.25) is 10.1 Å². The fraction of sp³-hybridized carbons (Fsp3) is 0.600. The molecule has 1 heterocycles. The Bertz CT molecular complexity index is 244. The van der Waals surface area contributed by atoms with Gasteiger partial charge in [0.1, 0.15) is 0 Å². The van der Waals surface area contributed by atoms with Crippen LogP contribution in [0, 0.1) is 12.8 Å². The third-order valence-corrected chi connectivity index (χ3v) is 1.72. The molecule has 0 aromatic heterocycles. The molecule has 0 aromatic carbocycles. The maximum absolute atomic E-state index is 11.1. The molecule has 16 heavy (non-hydrogen) atoms. The molecule has 1 unspecified atom stereocenters. The first kappa shape index (κ1) is 18.2. The monoisotopic (exact) mass is 302 g/mol. The van der Waals surface area contributed by atoms with Crippen LogP contribution in [-0.2, 0) is 42.2 Å². The van der Waals surface area contributed by atoms with Gasteiger partial charge in [0.15, 0.2) is 0 Å². The van der Waals surface area contributed by atoms with Gasteiger partial charge in [0.25, 0.3) is 0 Å². The molecule has 0 aliphatic carbocycles. The van der Waals surface area contributed by atoms with Gasteiger partial charge in [-0.1, -0.05) is 0 Å². The fourth-order valence-electron chi connectivity index (χ4n) is 1.02. The Morgan fingerprint density at radius 3 is 2.62 bits per heavy atom. The van der Waals surface area contributed by atoms with Crippen LogP contribution in [-0.4, -0.2) is 31.4 Å². The summed E-state index contributed by atoms with van der Waals surface area (Å²) < 4.78 is 5.08. The third-order valence-electron chi connectivity index (χ3n) is 1.72. The molecule has 0 bridgehead atoms. The molecular weight excluding hydrogens is 285 g/mol. The van der Waals surface area contributed by atoms with E-state index in [0.717, 1.165) is 0 Å². The SMILES string of the molecule is CCOCCC1C=NC(=O)NC1=O.[CH2-]C.[Y]. The van der Waals surface area contributed by atoms with Crippen molar-refractivity contribution in [3.63, 3.8) is 0 Å². The summed E-state index contributed by atoms with van der Waals surface area (Å²) >= 11 is 0. The molecule has 5 nitrogen and oxygen atoms in total. The Balaban J connectivity index is 0. The number of urea groups is 1. The summed E-state index contributed by atoms with van der Waals surface area (Å²) in [5.74, 6) is -0.621. The third kappa shape index (κ3) is 7.20. The van der Waals surface area contributed by atoms with Crippen molar-refractivity contribution in [1.29, 1.82) is 0 Å². The van der Waals surface area contributed by atoms with E-state index in [0.29, 0.717) is 19.6 Å². The molecule has 0 spiro atoms. The smallest absolute Gasteiger partial charge is 0.347 e. The van der Waals surface area contributed by atoms with E-state index in [9.17, 15) is 9.59 Å². The molecule has 1 atom stereocenters. The number of ether oxygens (including phenoxy) is 1. The quantitative estimate of drug-likeness (QED) is 0.626. The van der Waals surface area contributed by atoms with Gasteiger partial charge >= 0.3 is 6.03 Å². The van der Waals surface area contributed by atoms with Crippen LogP contribution < -0.4 is 5.32 Å². The van der Waals surface area contributed by atoms with E-state index < -0.39 is 6.03 Å². The van der Waals surface area contributed by atoms with Crippen molar-refractivity contribution in [2.24, 2.45) is 10.9 Å². The van der Waals surface area contributed by atoms with Crippen LogP contribution in [0.4, 0.5) is 4.79 Å². The molecule has 89 valence electrons. The minimum atomic E-state index is -0.586. The Labute approximate surface area is 121 Å². The van der Waals surface area contributed by atoms with E-state index in [-0.39, 0.29) is 44.5 Å². The van der Waals surface area contributed by atoms with Gasteiger partial charge < -0.3 is 11.7 Å². The van der Waals surface area contributed by atoms with Crippen molar-refractivity contribution in [3.05, 3.63) is 6.92 Å². The number of imide groups is 1. The van der Waals surface area contributed by atoms with E-state index in [1.165, 1.54) is 6.21 Å². The first-order chi connectivity index (χ1) is 7.24. The number of hydrogen-bond acceptors (Lipinski definition) is 3. The number of nitrogens with zero attached hydrogens (tertiary/aromatic N) is 1. The summed E-state index contributed by atoms with van der Waals surface area (Å²) in [7, 11) is 0. The fourth-order valence-corrected chi connectivity index (χ4v) is 1.02. The first-order valence-corrected chi connectivity index (χ1v) is 4.91. The molecule has 1 rings (SSSR count). The Morgan fingerprint density at radius 2 is 2.12 bits per heavy atom. The number of carbonyl (C=O) groups is 2. The maximum Gasteiger partial charge on any atom is 0.347 e. The number of aliphatic imine (C=N–C) groups is 1. The Hall–Kier alpha value is -0.126. The standard InChI is InChI=1S/C8H12N2O3.C2H5.Y/c1-2-13-4-3-6-5-9-8(12)10-7(6)11;1-2;/h5-6H,2-4H2,1H3,(H,10,11,12);1H2,2H3;/q;-1;. The van der Waals surface area contributed by atoms with Crippen molar-refractivity contribution in [3.8, 4) is 0 Å². The second kappa shape index (κ2) is 11.4. The van der Waals surface area contributed by atoms with Crippen molar-refractivity contribution >= 4 is 18.2 Å². The zero-order valence-corrected chi connectivity index (χ0v) is 12.6. The van der Waals surface area contributed by atoms with Crippen LogP contribution in [0.5, 0.6) is 0 Å². The molecule has 1 radical (unpaired) electrons. The van der Waals surface area contributed by atoms with Crippen LogP contribution in [0.2, 0.25) is 0 Å². The van der Waals surface area contributed by atoms with Gasteiger partial charge in [0, 0.05) is 52.1 Å². The minimum absolute atomic E-state index is 0. The van der Waals surface area contributed by atoms with Crippen molar-refractivity contribution in [1.82, 2.24) is 5.32 Å². The molecule has 3 amide bonds. The minimum Gasteiger partial charge on any atom is -0.382 e. The molecule has 0 fully saturated rings. The van der Waals surface area contributed by atoms with Crippen molar-refractivity contribution in [2.75, 3.05) is 13.2 Å². The predicted molar refractivity (Wildman–Crippen MR) is 57.7 cm³/mol. The zero-order valence-electron chi connectivity index (χ0n) is 9.73. The van der Waals surface area contributed by atoms with E-state index in [2.05, 4.69) is 17.2 Å². The van der Waals surface area contributed by atoms with Crippen LogP contribution in [0.3, 0.4) is 0 Å². The molecule has 0 aromatic rings. The molecule has 6 heteroatoms. The van der Waals surface area contributed by atoms with E-state index in [4.69, 9.17) is 4.74 Å². The summed E-state index contributed by atoms with van der Waals surface area (Å²) in [6.07, 6.45) is 1.94. The molecule has 1 N–H and O–H groups in total. The predicted octanol–water partition coefficient (Wildman–Crippen LogP) is 1.19. The number of rotatable bonds is 4. The average Bonchev–Trinajstić information content (AvgIpc) is 2.24.